The van der Waals surface area contributed by atoms with Crippen LogP contribution in [-0.4, -0.2) is 35.8 Å². The summed E-state index contributed by atoms with van der Waals surface area (Å²) in [6.45, 7) is 1.37. The van der Waals surface area contributed by atoms with E-state index in [0.717, 1.165) is 32.1 Å². The van der Waals surface area contributed by atoms with Gasteiger partial charge in [-0.15, -0.1) is 0 Å². The summed E-state index contributed by atoms with van der Waals surface area (Å²) in [5, 5.41) is 14.5. The summed E-state index contributed by atoms with van der Waals surface area (Å²) in [6, 6.07) is 8.43. The van der Waals surface area contributed by atoms with E-state index in [1.54, 1.807) is 0 Å². The van der Waals surface area contributed by atoms with Crippen molar-refractivity contribution in [1.82, 2.24) is 0 Å². The summed E-state index contributed by atoms with van der Waals surface area (Å²) in [6.07, 6.45) is 3.95. The number of ether oxygens (including phenoxy) is 2. The molecule has 4 nitrogen and oxygen atoms in total. The third kappa shape index (κ3) is 1.94. The highest BCUT2D eigenvalue weighted by Crippen LogP contribution is 2.44. The summed E-state index contributed by atoms with van der Waals surface area (Å²) in [5.74, 6) is -0.405. The van der Waals surface area contributed by atoms with Crippen LogP contribution in [0.15, 0.2) is 24.3 Å². The van der Waals surface area contributed by atoms with Crippen molar-refractivity contribution in [3.05, 3.63) is 29.8 Å². The van der Waals surface area contributed by atoms with Crippen molar-refractivity contribution >= 4 is 5.69 Å². The number of hydrogen-bond donors (Lipinski definition) is 2. The van der Waals surface area contributed by atoms with Gasteiger partial charge in [-0.25, -0.2) is 0 Å². The Morgan fingerprint density at radius 3 is 2.45 bits per heavy atom. The molecule has 20 heavy (non-hydrogen) atoms. The van der Waals surface area contributed by atoms with Crippen LogP contribution < -0.4 is 5.32 Å². The Kier molecular flexibility index (Phi) is 2.81. The highest BCUT2D eigenvalue weighted by atomic mass is 16.7. The molecule has 0 aromatic heterocycles. The lowest BCUT2D eigenvalue weighted by Gasteiger charge is -2.43. The molecular formula is C16H21NO3. The average molecular weight is 275 g/mol. The van der Waals surface area contributed by atoms with E-state index in [1.807, 2.05) is 6.07 Å². The van der Waals surface area contributed by atoms with Crippen LogP contribution in [0.25, 0.3) is 0 Å². The minimum absolute atomic E-state index is 0.110. The number of para-hydroxylation sites is 1. The van der Waals surface area contributed by atoms with E-state index in [4.69, 9.17) is 9.47 Å². The molecular weight excluding hydrogens is 254 g/mol. The van der Waals surface area contributed by atoms with Gasteiger partial charge in [-0.1, -0.05) is 18.2 Å². The molecule has 4 rings (SSSR count). The molecule has 0 radical (unpaired) electrons. The van der Waals surface area contributed by atoms with Crippen molar-refractivity contribution < 1.29 is 14.6 Å². The van der Waals surface area contributed by atoms with E-state index >= 15 is 0 Å². The maximum Gasteiger partial charge on any atom is 0.168 e. The lowest BCUT2D eigenvalue weighted by Crippen LogP contribution is -2.52. The molecule has 1 aromatic carbocycles. The molecule has 2 aliphatic heterocycles. The largest absolute Gasteiger partial charge is 0.388 e. The second-order valence-corrected chi connectivity index (χ2v) is 6.27. The fourth-order valence-corrected chi connectivity index (χ4v) is 3.82. The zero-order valence-corrected chi connectivity index (χ0v) is 11.6. The van der Waals surface area contributed by atoms with Gasteiger partial charge in [0.25, 0.3) is 0 Å². The van der Waals surface area contributed by atoms with Crippen molar-refractivity contribution in [1.29, 1.82) is 0 Å². The Morgan fingerprint density at radius 2 is 1.75 bits per heavy atom. The molecule has 1 unspecified atom stereocenters. The van der Waals surface area contributed by atoms with E-state index in [0.29, 0.717) is 13.2 Å². The number of hydrogen-bond acceptors (Lipinski definition) is 4. The van der Waals surface area contributed by atoms with Crippen molar-refractivity contribution in [2.75, 3.05) is 18.5 Å². The first-order valence-electron chi connectivity index (χ1n) is 7.54. The Morgan fingerprint density at radius 1 is 1.05 bits per heavy atom. The van der Waals surface area contributed by atoms with Crippen LogP contribution in [0.2, 0.25) is 0 Å². The quantitative estimate of drug-likeness (QED) is 0.824. The lowest BCUT2D eigenvalue weighted by molar-refractivity contribution is -0.204. The van der Waals surface area contributed by atoms with Crippen LogP contribution in [0.3, 0.4) is 0 Å². The normalized spacial score (nSPS) is 30.1. The van der Waals surface area contributed by atoms with Gasteiger partial charge >= 0.3 is 0 Å². The van der Waals surface area contributed by atoms with E-state index in [-0.39, 0.29) is 6.04 Å². The number of fused-ring (bicyclic) bond motifs is 1. The first-order chi connectivity index (χ1) is 9.69. The molecule has 3 aliphatic rings. The number of rotatable bonds is 1. The van der Waals surface area contributed by atoms with Crippen LogP contribution >= 0.6 is 0 Å². The molecule has 108 valence electrons. The molecule has 0 amide bonds. The third-order valence-corrected chi connectivity index (χ3v) is 5.11. The Labute approximate surface area is 119 Å². The molecule has 0 bridgehead atoms. The maximum atomic E-state index is 11.0. The monoisotopic (exact) mass is 275 g/mol. The number of anilines is 1. The van der Waals surface area contributed by atoms with Gasteiger partial charge in [-0.3, -0.25) is 0 Å². The van der Waals surface area contributed by atoms with Gasteiger partial charge in [0.05, 0.1) is 24.9 Å². The fraction of sp³-hybridized carbons (Fsp3) is 0.625. The smallest absolute Gasteiger partial charge is 0.168 e. The van der Waals surface area contributed by atoms with Gasteiger partial charge in [-0.2, -0.15) is 0 Å². The first-order valence-corrected chi connectivity index (χ1v) is 7.54. The van der Waals surface area contributed by atoms with E-state index in [9.17, 15) is 5.11 Å². The summed E-state index contributed by atoms with van der Waals surface area (Å²) in [7, 11) is 0. The lowest BCUT2D eigenvalue weighted by atomic mass is 9.76. The molecule has 2 fully saturated rings. The summed E-state index contributed by atoms with van der Waals surface area (Å²) in [4.78, 5) is 0. The molecule has 1 saturated heterocycles. The minimum Gasteiger partial charge on any atom is -0.388 e. The fourth-order valence-electron chi connectivity index (χ4n) is 3.82. The Bertz CT molecular complexity index is 475. The maximum absolute atomic E-state index is 11.0. The van der Waals surface area contributed by atoms with E-state index in [2.05, 4.69) is 23.5 Å². The Hall–Kier alpha value is -1.10. The second kappa shape index (κ2) is 4.45. The Balaban J connectivity index is 1.47. The minimum atomic E-state index is -0.653. The van der Waals surface area contributed by atoms with Gasteiger partial charge in [-0.05, 0) is 30.9 Å². The average Bonchev–Trinajstić information content (AvgIpc) is 3.10. The van der Waals surface area contributed by atoms with E-state index in [1.165, 1.54) is 11.3 Å². The van der Waals surface area contributed by atoms with Crippen molar-refractivity contribution in [2.45, 2.75) is 49.5 Å². The van der Waals surface area contributed by atoms with Gasteiger partial charge in [0.2, 0.25) is 0 Å². The molecule has 1 aliphatic carbocycles. The van der Waals surface area contributed by atoms with Gasteiger partial charge in [0.1, 0.15) is 0 Å². The van der Waals surface area contributed by atoms with Crippen LogP contribution in [0.1, 0.15) is 31.2 Å². The summed E-state index contributed by atoms with van der Waals surface area (Å²) < 4.78 is 11.5. The third-order valence-electron chi connectivity index (χ3n) is 5.11. The van der Waals surface area contributed by atoms with Crippen molar-refractivity contribution in [3.63, 3.8) is 0 Å². The van der Waals surface area contributed by atoms with Crippen LogP contribution in [0, 0.1) is 0 Å². The predicted octanol–water partition coefficient (Wildman–Crippen LogP) is 2.07. The van der Waals surface area contributed by atoms with Crippen LogP contribution in [0.4, 0.5) is 5.69 Å². The molecule has 1 atom stereocenters. The highest BCUT2D eigenvalue weighted by Gasteiger charge is 2.49. The van der Waals surface area contributed by atoms with Gasteiger partial charge in [0, 0.05) is 18.5 Å². The van der Waals surface area contributed by atoms with Crippen molar-refractivity contribution in [2.24, 2.45) is 0 Å². The molecule has 1 aromatic rings. The zero-order valence-electron chi connectivity index (χ0n) is 11.6. The number of benzene rings is 1. The standard InChI is InChI=1S/C16H21NO3/c18-15(5-7-16(8-6-15)19-9-10-20-16)14-11-12-3-1-2-4-13(12)17-14/h1-4,14,17-18H,5-11H2. The molecule has 1 saturated carbocycles. The summed E-state index contributed by atoms with van der Waals surface area (Å²) in [5.41, 5.74) is 1.82. The van der Waals surface area contributed by atoms with Crippen molar-refractivity contribution in [3.8, 4) is 0 Å². The predicted molar refractivity (Wildman–Crippen MR) is 75.6 cm³/mol. The van der Waals surface area contributed by atoms with Gasteiger partial charge < -0.3 is 19.9 Å². The topological polar surface area (TPSA) is 50.7 Å². The molecule has 1 spiro atoms. The summed E-state index contributed by atoms with van der Waals surface area (Å²) >= 11 is 0. The van der Waals surface area contributed by atoms with Crippen LogP contribution in [0.5, 0.6) is 0 Å². The zero-order chi connectivity index (χ0) is 13.6. The van der Waals surface area contributed by atoms with Gasteiger partial charge in [0.15, 0.2) is 5.79 Å². The number of nitrogens with one attached hydrogen (secondary N) is 1. The molecule has 2 N–H and O–H groups in total. The SMILES string of the molecule is OC1(C2Cc3ccccc3N2)CCC2(CC1)OCCO2. The molecule has 4 heteroatoms. The van der Waals surface area contributed by atoms with E-state index < -0.39 is 11.4 Å². The molecule has 2 heterocycles. The second-order valence-electron chi connectivity index (χ2n) is 6.27. The highest BCUT2D eigenvalue weighted by molar-refractivity contribution is 5.57. The number of aliphatic hydroxyl groups is 1. The van der Waals surface area contributed by atoms with Crippen LogP contribution in [-0.2, 0) is 15.9 Å². The first kappa shape index (κ1) is 12.6.